The van der Waals surface area contributed by atoms with Crippen molar-refractivity contribution < 1.29 is 27.5 Å². The number of sulfonamides is 1. The lowest BCUT2D eigenvalue weighted by Crippen LogP contribution is -2.30. The molecule has 0 bridgehead atoms. The summed E-state index contributed by atoms with van der Waals surface area (Å²) < 4.78 is 33.7. The molecule has 0 saturated carbocycles. The van der Waals surface area contributed by atoms with Gasteiger partial charge in [0.2, 0.25) is 10.0 Å². The monoisotopic (exact) mass is 488 g/mol. The third kappa shape index (κ3) is 6.55. The van der Waals surface area contributed by atoms with E-state index >= 15 is 0 Å². The summed E-state index contributed by atoms with van der Waals surface area (Å²) in [4.78, 5) is 25.0. The standard InChI is InChI=1S/C23H21ClN2O6S/c1-15(22(27)26-17-10-12-18(13-11-17)33(25,29)30)32-23(28)19-7-3-5-9-21(19)31-14-16-6-2-4-8-20(16)24/h2-13,15H,14H2,1H3,(H,26,27)(H2,25,29,30)/t15-/m1/s1. The first kappa shape index (κ1) is 24.2. The highest BCUT2D eigenvalue weighted by Gasteiger charge is 2.22. The second kappa shape index (κ2) is 10.5. The number of hydrogen-bond acceptors (Lipinski definition) is 6. The largest absolute Gasteiger partial charge is 0.488 e. The summed E-state index contributed by atoms with van der Waals surface area (Å²) in [5.74, 6) is -1.05. The van der Waals surface area contributed by atoms with Gasteiger partial charge in [-0.2, -0.15) is 0 Å². The minimum atomic E-state index is -3.84. The number of anilines is 1. The van der Waals surface area contributed by atoms with Crippen molar-refractivity contribution in [3.8, 4) is 5.75 Å². The minimum absolute atomic E-state index is 0.0895. The molecular formula is C23H21ClN2O6S. The van der Waals surface area contributed by atoms with Crippen molar-refractivity contribution in [1.82, 2.24) is 0 Å². The van der Waals surface area contributed by atoms with Gasteiger partial charge >= 0.3 is 5.97 Å². The number of primary sulfonamides is 1. The third-order valence-electron chi connectivity index (χ3n) is 4.55. The molecule has 3 rings (SSSR count). The Morgan fingerprint density at radius 3 is 2.30 bits per heavy atom. The van der Waals surface area contributed by atoms with Crippen LogP contribution in [0.1, 0.15) is 22.8 Å². The van der Waals surface area contributed by atoms with Crippen LogP contribution in [0.4, 0.5) is 5.69 Å². The first-order chi connectivity index (χ1) is 15.6. The minimum Gasteiger partial charge on any atom is -0.488 e. The van der Waals surface area contributed by atoms with Crippen LogP contribution < -0.4 is 15.2 Å². The number of esters is 1. The smallest absolute Gasteiger partial charge is 0.342 e. The molecule has 8 nitrogen and oxygen atoms in total. The fourth-order valence-corrected chi connectivity index (χ4v) is 3.49. The van der Waals surface area contributed by atoms with E-state index in [0.717, 1.165) is 5.56 Å². The van der Waals surface area contributed by atoms with E-state index in [9.17, 15) is 18.0 Å². The number of carbonyl (C=O) groups excluding carboxylic acids is 2. The van der Waals surface area contributed by atoms with Crippen molar-refractivity contribution in [2.75, 3.05) is 5.32 Å². The number of ether oxygens (including phenoxy) is 2. The molecule has 0 saturated heterocycles. The quantitative estimate of drug-likeness (QED) is 0.465. The predicted octanol–water partition coefficient (Wildman–Crippen LogP) is 3.75. The van der Waals surface area contributed by atoms with E-state index in [4.69, 9.17) is 26.2 Å². The highest BCUT2D eigenvalue weighted by Crippen LogP contribution is 2.23. The molecule has 3 N–H and O–H groups in total. The second-order valence-electron chi connectivity index (χ2n) is 6.98. The zero-order chi connectivity index (χ0) is 24.0. The Hall–Kier alpha value is -3.40. The van der Waals surface area contributed by atoms with Gasteiger partial charge in [-0.25, -0.2) is 18.4 Å². The van der Waals surface area contributed by atoms with Gasteiger partial charge in [0.15, 0.2) is 6.10 Å². The Morgan fingerprint density at radius 2 is 1.64 bits per heavy atom. The van der Waals surface area contributed by atoms with E-state index in [-0.39, 0.29) is 22.8 Å². The fraction of sp³-hybridized carbons (Fsp3) is 0.130. The molecule has 10 heteroatoms. The maximum atomic E-state index is 12.7. The second-order valence-corrected chi connectivity index (χ2v) is 8.95. The lowest BCUT2D eigenvalue weighted by atomic mass is 10.2. The van der Waals surface area contributed by atoms with Crippen LogP contribution in [-0.4, -0.2) is 26.4 Å². The molecule has 0 aliphatic heterocycles. The highest BCUT2D eigenvalue weighted by molar-refractivity contribution is 7.89. The average Bonchev–Trinajstić information content (AvgIpc) is 2.78. The highest BCUT2D eigenvalue weighted by atomic mass is 35.5. The zero-order valence-electron chi connectivity index (χ0n) is 17.5. The Bertz CT molecular complexity index is 1260. The van der Waals surface area contributed by atoms with Gasteiger partial charge in [-0.1, -0.05) is 41.9 Å². The molecule has 3 aromatic rings. The predicted molar refractivity (Wildman–Crippen MR) is 124 cm³/mol. The van der Waals surface area contributed by atoms with E-state index < -0.39 is 28.0 Å². The van der Waals surface area contributed by atoms with Crippen molar-refractivity contribution >= 4 is 39.2 Å². The summed E-state index contributed by atoms with van der Waals surface area (Å²) in [7, 11) is -3.84. The lowest BCUT2D eigenvalue weighted by molar-refractivity contribution is -0.123. The van der Waals surface area contributed by atoms with E-state index in [1.165, 1.54) is 37.3 Å². The summed E-state index contributed by atoms with van der Waals surface area (Å²) in [5.41, 5.74) is 1.23. The third-order valence-corrected chi connectivity index (χ3v) is 5.85. The number of nitrogens with one attached hydrogen (secondary N) is 1. The number of para-hydroxylation sites is 1. The summed E-state index contributed by atoms with van der Waals surface area (Å²) >= 11 is 6.14. The first-order valence-corrected chi connectivity index (χ1v) is 11.7. The summed E-state index contributed by atoms with van der Waals surface area (Å²) in [6.45, 7) is 1.56. The molecule has 0 aromatic heterocycles. The molecule has 33 heavy (non-hydrogen) atoms. The van der Waals surface area contributed by atoms with Crippen molar-refractivity contribution in [3.05, 3.63) is 88.9 Å². The molecule has 0 spiro atoms. The fourth-order valence-electron chi connectivity index (χ4n) is 2.78. The van der Waals surface area contributed by atoms with Gasteiger partial charge in [-0.3, -0.25) is 4.79 Å². The van der Waals surface area contributed by atoms with Crippen LogP contribution in [-0.2, 0) is 26.2 Å². The van der Waals surface area contributed by atoms with E-state index in [1.807, 2.05) is 12.1 Å². The number of amides is 1. The Morgan fingerprint density at radius 1 is 1.00 bits per heavy atom. The molecule has 3 aromatic carbocycles. The van der Waals surface area contributed by atoms with Gasteiger partial charge < -0.3 is 14.8 Å². The Labute approximate surface area is 196 Å². The lowest BCUT2D eigenvalue weighted by Gasteiger charge is -2.16. The molecule has 0 radical (unpaired) electrons. The van der Waals surface area contributed by atoms with Crippen LogP contribution in [0.5, 0.6) is 5.75 Å². The van der Waals surface area contributed by atoms with E-state index in [0.29, 0.717) is 10.7 Å². The molecule has 1 atom stereocenters. The van der Waals surface area contributed by atoms with Crippen molar-refractivity contribution in [2.45, 2.75) is 24.5 Å². The molecule has 0 aliphatic carbocycles. The van der Waals surface area contributed by atoms with E-state index in [1.54, 1.807) is 30.3 Å². The number of nitrogens with two attached hydrogens (primary N) is 1. The van der Waals surface area contributed by atoms with Gasteiger partial charge in [-0.15, -0.1) is 0 Å². The van der Waals surface area contributed by atoms with Crippen LogP contribution in [0.25, 0.3) is 0 Å². The maximum Gasteiger partial charge on any atom is 0.342 e. The van der Waals surface area contributed by atoms with Crippen molar-refractivity contribution in [1.29, 1.82) is 0 Å². The van der Waals surface area contributed by atoms with Gasteiger partial charge in [0, 0.05) is 16.3 Å². The maximum absolute atomic E-state index is 12.7. The average molecular weight is 489 g/mol. The van der Waals surface area contributed by atoms with Gasteiger partial charge in [-0.05, 0) is 49.4 Å². The number of benzene rings is 3. The van der Waals surface area contributed by atoms with Crippen molar-refractivity contribution in [2.24, 2.45) is 5.14 Å². The van der Waals surface area contributed by atoms with Gasteiger partial charge in [0.25, 0.3) is 5.91 Å². The molecule has 172 valence electrons. The summed E-state index contributed by atoms with van der Waals surface area (Å²) in [6.07, 6.45) is -1.13. The van der Waals surface area contributed by atoms with Crippen LogP contribution in [0.3, 0.4) is 0 Å². The molecule has 0 heterocycles. The van der Waals surface area contributed by atoms with Crippen LogP contribution in [0.15, 0.2) is 77.7 Å². The summed E-state index contributed by atoms with van der Waals surface area (Å²) in [5, 5.41) is 8.14. The molecule has 0 aliphatic rings. The zero-order valence-corrected chi connectivity index (χ0v) is 19.1. The molecule has 0 unspecified atom stereocenters. The van der Waals surface area contributed by atoms with E-state index in [2.05, 4.69) is 5.32 Å². The SMILES string of the molecule is C[C@@H](OC(=O)c1ccccc1OCc1ccccc1Cl)C(=O)Nc1ccc(S(N)(=O)=O)cc1. The number of hydrogen-bond donors (Lipinski definition) is 2. The van der Waals surface area contributed by atoms with Gasteiger partial charge in [0.05, 0.1) is 4.90 Å². The van der Waals surface area contributed by atoms with Crippen molar-refractivity contribution in [3.63, 3.8) is 0 Å². The molecule has 0 fully saturated rings. The topological polar surface area (TPSA) is 125 Å². The van der Waals surface area contributed by atoms with Gasteiger partial charge in [0.1, 0.15) is 17.9 Å². The van der Waals surface area contributed by atoms with Crippen LogP contribution >= 0.6 is 11.6 Å². The first-order valence-electron chi connectivity index (χ1n) is 9.75. The normalized spacial score (nSPS) is 12.0. The Kier molecular flexibility index (Phi) is 7.70. The van der Waals surface area contributed by atoms with Crippen LogP contribution in [0.2, 0.25) is 5.02 Å². The van der Waals surface area contributed by atoms with Crippen LogP contribution in [0, 0.1) is 0 Å². The Balaban J connectivity index is 1.63. The molecular weight excluding hydrogens is 468 g/mol. The molecule has 1 amide bonds. The number of rotatable bonds is 8. The summed E-state index contributed by atoms with van der Waals surface area (Å²) in [6, 6.07) is 19.0. The number of carbonyl (C=O) groups is 2. The number of halogens is 1.